The summed E-state index contributed by atoms with van der Waals surface area (Å²) in [7, 11) is -2.90. The summed E-state index contributed by atoms with van der Waals surface area (Å²) < 4.78 is 23.9. The highest BCUT2D eigenvalue weighted by Gasteiger charge is 2.27. The van der Waals surface area contributed by atoms with E-state index in [4.69, 9.17) is 0 Å². The Morgan fingerprint density at radius 2 is 2.12 bits per heavy atom. The molecule has 5 nitrogen and oxygen atoms in total. The monoisotopic (exact) mass is 396 g/mol. The average Bonchev–Trinajstić information content (AvgIpc) is 3.16. The third-order valence-electron chi connectivity index (χ3n) is 4.05. The molecule has 0 saturated carbocycles. The number of carbonyl (C=O) groups excluding carboxylic acids is 1. The molecule has 0 radical (unpaired) electrons. The SMILES string of the molecule is Cc1csc(SCc2ccc(C(=O)NCC3CCS(=O)(=O)C3)cc2)n1. The van der Waals surface area contributed by atoms with E-state index >= 15 is 0 Å². The maximum Gasteiger partial charge on any atom is 0.251 e. The second-order valence-electron chi connectivity index (χ2n) is 6.22. The van der Waals surface area contributed by atoms with Gasteiger partial charge in [-0.05, 0) is 37.0 Å². The van der Waals surface area contributed by atoms with E-state index in [1.807, 2.05) is 36.6 Å². The highest BCUT2D eigenvalue weighted by Crippen LogP contribution is 2.26. The lowest BCUT2D eigenvalue weighted by Crippen LogP contribution is -2.29. The molecule has 0 aliphatic carbocycles. The standard InChI is InChI=1S/C17H20N2O3S3/c1-12-9-23-17(19-12)24-10-13-2-4-15(5-3-13)16(20)18-8-14-6-7-25(21,22)11-14/h2-5,9,14H,6-8,10-11H2,1H3,(H,18,20). The van der Waals surface area contributed by atoms with Gasteiger partial charge in [0.15, 0.2) is 9.84 Å². The quantitative estimate of drug-likeness (QED) is 0.760. The molecule has 2 heterocycles. The summed E-state index contributed by atoms with van der Waals surface area (Å²) in [5.74, 6) is 1.11. The molecule has 1 saturated heterocycles. The van der Waals surface area contributed by atoms with Crippen molar-refractivity contribution in [2.45, 2.75) is 23.4 Å². The Labute approximate surface area is 156 Å². The van der Waals surface area contributed by atoms with Gasteiger partial charge < -0.3 is 5.32 Å². The summed E-state index contributed by atoms with van der Waals surface area (Å²) in [6.45, 7) is 2.40. The first-order chi connectivity index (χ1) is 11.9. The number of benzene rings is 1. The smallest absolute Gasteiger partial charge is 0.251 e. The number of nitrogens with zero attached hydrogens (tertiary/aromatic N) is 1. The summed E-state index contributed by atoms with van der Waals surface area (Å²) in [6, 6.07) is 7.51. The molecule has 1 amide bonds. The van der Waals surface area contributed by atoms with Crippen LogP contribution in [0, 0.1) is 12.8 Å². The van der Waals surface area contributed by atoms with E-state index in [0.29, 0.717) is 18.5 Å². The Balaban J connectivity index is 1.48. The van der Waals surface area contributed by atoms with Crippen LogP contribution < -0.4 is 5.32 Å². The van der Waals surface area contributed by atoms with Crippen molar-refractivity contribution in [1.82, 2.24) is 10.3 Å². The minimum Gasteiger partial charge on any atom is -0.352 e. The Bertz CT molecular complexity index is 844. The molecule has 134 valence electrons. The molecule has 1 atom stereocenters. The van der Waals surface area contributed by atoms with E-state index in [0.717, 1.165) is 21.3 Å². The maximum absolute atomic E-state index is 12.2. The predicted octanol–water partition coefficient (Wildman–Crippen LogP) is 2.91. The highest BCUT2D eigenvalue weighted by atomic mass is 32.2. The zero-order valence-electron chi connectivity index (χ0n) is 13.9. The van der Waals surface area contributed by atoms with Crippen LogP contribution in [0.4, 0.5) is 0 Å². The molecule has 1 fully saturated rings. The lowest BCUT2D eigenvalue weighted by molar-refractivity contribution is 0.0948. The third-order valence-corrected chi connectivity index (χ3v) is 8.10. The number of thiazole rings is 1. The van der Waals surface area contributed by atoms with Crippen molar-refractivity contribution < 1.29 is 13.2 Å². The number of carbonyl (C=O) groups is 1. The maximum atomic E-state index is 12.2. The second-order valence-corrected chi connectivity index (χ2v) is 10.5. The topological polar surface area (TPSA) is 76.1 Å². The van der Waals surface area contributed by atoms with Gasteiger partial charge in [0, 0.05) is 28.9 Å². The largest absolute Gasteiger partial charge is 0.352 e. The van der Waals surface area contributed by atoms with Crippen LogP contribution in [-0.2, 0) is 15.6 Å². The molecule has 1 N–H and O–H groups in total. The Hall–Kier alpha value is -1.38. The number of thioether (sulfide) groups is 1. The van der Waals surface area contributed by atoms with Crippen molar-refractivity contribution in [1.29, 1.82) is 0 Å². The molecule has 1 aromatic carbocycles. The van der Waals surface area contributed by atoms with Crippen molar-refractivity contribution in [2.24, 2.45) is 5.92 Å². The van der Waals surface area contributed by atoms with Crippen LogP contribution >= 0.6 is 23.1 Å². The molecular weight excluding hydrogens is 376 g/mol. The van der Waals surface area contributed by atoms with E-state index in [1.165, 1.54) is 0 Å². The first-order valence-corrected chi connectivity index (χ1v) is 11.7. The Kier molecular flexibility index (Phi) is 5.81. The second kappa shape index (κ2) is 7.88. The molecule has 8 heteroatoms. The van der Waals surface area contributed by atoms with Gasteiger partial charge in [0.05, 0.1) is 11.5 Å². The first-order valence-electron chi connectivity index (χ1n) is 8.04. The van der Waals surface area contributed by atoms with Crippen LogP contribution in [0.15, 0.2) is 34.0 Å². The summed E-state index contributed by atoms with van der Waals surface area (Å²) in [4.78, 5) is 16.6. The van der Waals surface area contributed by atoms with E-state index in [2.05, 4.69) is 10.3 Å². The summed E-state index contributed by atoms with van der Waals surface area (Å²) in [5, 5.41) is 4.87. The van der Waals surface area contributed by atoms with Gasteiger partial charge in [-0.1, -0.05) is 23.9 Å². The van der Waals surface area contributed by atoms with Crippen LogP contribution in [-0.4, -0.2) is 37.4 Å². The van der Waals surface area contributed by atoms with Crippen LogP contribution in [0.1, 0.15) is 28.0 Å². The van der Waals surface area contributed by atoms with Gasteiger partial charge in [0.25, 0.3) is 5.91 Å². The van der Waals surface area contributed by atoms with Crippen molar-refractivity contribution in [3.8, 4) is 0 Å². The highest BCUT2D eigenvalue weighted by molar-refractivity contribution is 8.00. The molecule has 25 heavy (non-hydrogen) atoms. The molecule has 1 aromatic heterocycles. The summed E-state index contributed by atoms with van der Waals surface area (Å²) in [6.07, 6.45) is 0.634. The third kappa shape index (κ3) is 5.29. The van der Waals surface area contributed by atoms with Crippen LogP contribution in [0.25, 0.3) is 0 Å². The minimum absolute atomic E-state index is 0.0337. The van der Waals surface area contributed by atoms with Crippen molar-refractivity contribution in [3.63, 3.8) is 0 Å². The number of rotatable bonds is 6. The van der Waals surface area contributed by atoms with E-state index in [1.54, 1.807) is 23.1 Å². The molecule has 0 bridgehead atoms. The van der Waals surface area contributed by atoms with Gasteiger partial charge >= 0.3 is 0 Å². The Morgan fingerprint density at radius 1 is 1.36 bits per heavy atom. The van der Waals surface area contributed by atoms with Gasteiger partial charge in [0.2, 0.25) is 0 Å². The number of nitrogens with one attached hydrogen (secondary N) is 1. The molecule has 1 unspecified atom stereocenters. The van der Waals surface area contributed by atoms with Gasteiger partial charge in [-0.15, -0.1) is 11.3 Å². The lowest BCUT2D eigenvalue weighted by Gasteiger charge is -2.10. The van der Waals surface area contributed by atoms with Crippen molar-refractivity contribution >= 4 is 38.8 Å². The molecule has 3 rings (SSSR count). The molecule has 1 aliphatic heterocycles. The molecular formula is C17H20N2O3S3. The van der Waals surface area contributed by atoms with Gasteiger partial charge in [-0.3, -0.25) is 4.79 Å². The molecule has 0 spiro atoms. The fraction of sp³-hybridized carbons (Fsp3) is 0.412. The van der Waals surface area contributed by atoms with Crippen molar-refractivity contribution in [2.75, 3.05) is 18.1 Å². The Morgan fingerprint density at radius 3 is 2.72 bits per heavy atom. The zero-order valence-corrected chi connectivity index (χ0v) is 16.3. The van der Waals surface area contributed by atoms with Crippen LogP contribution in [0.2, 0.25) is 0 Å². The van der Waals surface area contributed by atoms with E-state index in [9.17, 15) is 13.2 Å². The lowest BCUT2D eigenvalue weighted by atomic mass is 10.1. The van der Waals surface area contributed by atoms with Gasteiger partial charge in [-0.25, -0.2) is 13.4 Å². The minimum atomic E-state index is -2.90. The predicted molar refractivity (Wildman–Crippen MR) is 102 cm³/mol. The van der Waals surface area contributed by atoms with Gasteiger partial charge in [-0.2, -0.15) is 0 Å². The number of sulfone groups is 1. The van der Waals surface area contributed by atoms with E-state index in [-0.39, 0.29) is 23.3 Å². The fourth-order valence-corrected chi connectivity index (χ4v) is 6.34. The zero-order chi connectivity index (χ0) is 17.9. The number of hydrogen-bond acceptors (Lipinski definition) is 6. The fourth-order valence-electron chi connectivity index (χ4n) is 2.67. The summed E-state index contributed by atoms with van der Waals surface area (Å²) in [5.41, 5.74) is 2.77. The van der Waals surface area contributed by atoms with Gasteiger partial charge in [0.1, 0.15) is 4.34 Å². The molecule has 2 aromatic rings. The average molecular weight is 397 g/mol. The van der Waals surface area contributed by atoms with Crippen LogP contribution in [0.5, 0.6) is 0 Å². The summed E-state index contributed by atoms with van der Waals surface area (Å²) >= 11 is 3.33. The number of aryl methyl sites for hydroxylation is 1. The number of hydrogen-bond donors (Lipinski definition) is 1. The molecule has 1 aliphatic rings. The normalized spacial score (nSPS) is 19.0. The van der Waals surface area contributed by atoms with Crippen molar-refractivity contribution in [3.05, 3.63) is 46.5 Å². The first kappa shape index (κ1) is 18.4. The van der Waals surface area contributed by atoms with Crippen LogP contribution in [0.3, 0.4) is 0 Å². The van der Waals surface area contributed by atoms with E-state index < -0.39 is 9.84 Å². The number of amides is 1. The number of aromatic nitrogens is 1.